The van der Waals surface area contributed by atoms with E-state index in [1.165, 1.54) is 12.8 Å². The third-order valence-electron chi connectivity index (χ3n) is 2.45. The molecule has 1 rings (SSSR count). The Bertz CT molecular complexity index is 192. The summed E-state index contributed by atoms with van der Waals surface area (Å²) in [5.74, 6) is 0.0733. The second kappa shape index (κ2) is 5.32. The van der Waals surface area contributed by atoms with E-state index in [1.54, 1.807) is 0 Å². The molecule has 1 aliphatic rings. The number of carboxylic acids is 1. The van der Waals surface area contributed by atoms with E-state index in [4.69, 9.17) is 10.2 Å². The Labute approximate surface area is 84.5 Å². The molecule has 0 spiro atoms. The first-order chi connectivity index (χ1) is 6.61. The van der Waals surface area contributed by atoms with Crippen LogP contribution in [0.5, 0.6) is 0 Å². The van der Waals surface area contributed by atoms with Crippen molar-refractivity contribution >= 4 is 5.97 Å². The molecular weight excluding hydrogens is 182 g/mol. The average molecular weight is 201 g/mol. The normalized spacial score (nSPS) is 18.5. The third-order valence-corrected chi connectivity index (χ3v) is 2.45. The quantitative estimate of drug-likeness (QED) is 0.626. The summed E-state index contributed by atoms with van der Waals surface area (Å²) < 4.78 is 0. The first-order valence-electron chi connectivity index (χ1n) is 5.16. The molecule has 0 bridgehead atoms. The van der Waals surface area contributed by atoms with Crippen molar-refractivity contribution in [2.75, 3.05) is 26.2 Å². The molecule has 1 fully saturated rings. The van der Waals surface area contributed by atoms with Crippen LogP contribution < -0.4 is 0 Å². The highest BCUT2D eigenvalue weighted by Crippen LogP contribution is 2.29. The number of hydrogen-bond acceptors (Lipinski definition) is 3. The molecule has 82 valence electrons. The number of rotatable bonds is 7. The summed E-state index contributed by atoms with van der Waals surface area (Å²) in [6.45, 7) is 3.71. The molecule has 0 aliphatic heterocycles. The fourth-order valence-electron chi connectivity index (χ4n) is 1.56. The van der Waals surface area contributed by atoms with Gasteiger partial charge in [0.05, 0.1) is 6.54 Å². The fourth-order valence-corrected chi connectivity index (χ4v) is 1.56. The first-order valence-corrected chi connectivity index (χ1v) is 5.16. The maximum Gasteiger partial charge on any atom is 0.317 e. The monoisotopic (exact) mass is 201 g/mol. The van der Waals surface area contributed by atoms with Gasteiger partial charge in [-0.3, -0.25) is 9.69 Å². The zero-order chi connectivity index (χ0) is 10.6. The summed E-state index contributed by atoms with van der Waals surface area (Å²) in [6, 6.07) is 0. The van der Waals surface area contributed by atoms with Gasteiger partial charge in [0.15, 0.2) is 0 Å². The maximum atomic E-state index is 10.6. The van der Waals surface area contributed by atoms with E-state index >= 15 is 0 Å². The summed E-state index contributed by atoms with van der Waals surface area (Å²) in [5.41, 5.74) is 0. The molecule has 4 nitrogen and oxygen atoms in total. The van der Waals surface area contributed by atoms with Crippen molar-refractivity contribution in [3.63, 3.8) is 0 Å². The van der Waals surface area contributed by atoms with Crippen LogP contribution in [-0.2, 0) is 4.79 Å². The van der Waals surface area contributed by atoms with Crippen LogP contribution >= 0.6 is 0 Å². The van der Waals surface area contributed by atoms with Crippen LogP contribution in [0.15, 0.2) is 0 Å². The van der Waals surface area contributed by atoms with Gasteiger partial charge in [-0.15, -0.1) is 0 Å². The van der Waals surface area contributed by atoms with Crippen LogP contribution in [-0.4, -0.2) is 47.3 Å². The van der Waals surface area contributed by atoms with E-state index in [0.29, 0.717) is 12.5 Å². The summed E-state index contributed by atoms with van der Waals surface area (Å²) >= 11 is 0. The molecule has 1 unspecified atom stereocenters. The van der Waals surface area contributed by atoms with Crippen LogP contribution in [0.25, 0.3) is 0 Å². The molecule has 0 radical (unpaired) electrons. The number of aliphatic hydroxyl groups excluding tert-OH is 1. The van der Waals surface area contributed by atoms with Crippen molar-refractivity contribution in [2.45, 2.75) is 19.8 Å². The number of nitrogens with zero attached hydrogens (tertiary/aromatic N) is 1. The lowest BCUT2D eigenvalue weighted by Crippen LogP contribution is -2.36. The highest BCUT2D eigenvalue weighted by Gasteiger charge is 2.25. The Balaban J connectivity index is 2.30. The van der Waals surface area contributed by atoms with Gasteiger partial charge < -0.3 is 10.2 Å². The van der Waals surface area contributed by atoms with Gasteiger partial charge >= 0.3 is 5.97 Å². The topological polar surface area (TPSA) is 60.8 Å². The predicted octanol–water partition coefficient (Wildman–Crippen LogP) is 0.411. The maximum absolute atomic E-state index is 10.6. The lowest BCUT2D eigenvalue weighted by atomic mass is 10.2. The number of hydrogen-bond donors (Lipinski definition) is 2. The Morgan fingerprint density at radius 3 is 2.64 bits per heavy atom. The Morgan fingerprint density at radius 1 is 1.57 bits per heavy atom. The van der Waals surface area contributed by atoms with Gasteiger partial charge in [-0.1, -0.05) is 6.92 Å². The van der Waals surface area contributed by atoms with E-state index in [0.717, 1.165) is 6.54 Å². The standard InChI is InChI=1S/C10H19NO3/c1-8(7-12)4-11(6-10(13)14)5-9-2-3-9/h8-9,12H,2-7H2,1H3,(H,13,14). The van der Waals surface area contributed by atoms with Crippen LogP contribution in [0, 0.1) is 11.8 Å². The third kappa shape index (κ3) is 4.58. The van der Waals surface area contributed by atoms with E-state index in [1.807, 2.05) is 11.8 Å². The highest BCUT2D eigenvalue weighted by molar-refractivity contribution is 5.69. The average Bonchev–Trinajstić information content (AvgIpc) is 2.86. The SMILES string of the molecule is CC(CO)CN(CC(=O)O)CC1CC1. The molecule has 1 atom stereocenters. The van der Waals surface area contributed by atoms with Crippen molar-refractivity contribution in [1.82, 2.24) is 4.90 Å². The van der Waals surface area contributed by atoms with E-state index < -0.39 is 5.97 Å². The van der Waals surface area contributed by atoms with E-state index in [2.05, 4.69) is 0 Å². The molecule has 1 saturated carbocycles. The summed E-state index contributed by atoms with van der Waals surface area (Å²) in [5, 5.41) is 17.6. The molecule has 0 saturated heterocycles. The molecular formula is C10H19NO3. The second-order valence-corrected chi connectivity index (χ2v) is 4.32. The molecule has 0 aromatic heterocycles. The minimum Gasteiger partial charge on any atom is -0.480 e. The summed E-state index contributed by atoms with van der Waals surface area (Å²) in [7, 11) is 0. The van der Waals surface area contributed by atoms with Crippen molar-refractivity contribution in [3.8, 4) is 0 Å². The molecule has 14 heavy (non-hydrogen) atoms. The first kappa shape index (κ1) is 11.5. The number of aliphatic hydroxyl groups is 1. The number of aliphatic carboxylic acids is 1. The van der Waals surface area contributed by atoms with Crippen LogP contribution in [0.3, 0.4) is 0 Å². The van der Waals surface area contributed by atoms with Gasteiger partial charge in [0.2, 0.25) is 0 Å². The molecule has 2 N–H and O–H groups in total. The lowest BCUT2D eigenvalue weighted by Gasteiger charge is -2.22. The zero-order valence-corrected chi connectivity index (χ0v) is 8.65. The molecule has 0 heterocycles. The van der Waals surface area contributed by atoms with Gasteiger partial charge in [-0.25, -0.2) is 0 Å². The molecule has 0 amide bonds. The Kier molecular flexibility index (Phi) is 4.35. The van der Waals surface area contributed by atoms with Gasteiger partial charge in [0.1, 0.15) is 0 Å². The van der Waals surface area contributed by atoms with Crippen molar-refractivity contribution in [2.24, 2.45) is 11.8 Å². The minimum absolute atomic E-state index is 0.0981. The van der Waals surface area contributed by atoms with Crippen LogP contribution in [0.4, 0.5) is 0 Å². The van der Waals surface area contributed by atoms with E-state index in [9.17, 15) is 4.79 Å². The van der Waals surface area contributed by atoms with E-state index in [-0.39, 0.29) is 19.1 Å². The molecule has 1 aliphatic carbocycles. The van der Waals surface area contributed by atoms with Crippen molar-refractivity contribution in [1.29, 1.82) is 0 Å². The van der Waals surface area contributed by atoms with Crippen molar-refractivity contribution in [3.05, 3.63) is 0 Å². The zero-order valence-electron chi connectivity index (χ0n) is 8.65. The second-order valence-electron chi connectivity index (χ2n) is 4.32. The van der Waals surface area contributed by atoms with Crippen LogP contribution in [0.1, 0.15) is 19.8 Å². The highest BCUT2D eigenvalue weighted by atomic mass is 16.4. The van der Waals surface area contributed by atoms with Gasteiger partial charge in [0.25, 0.3) is 0 Å². The fraction of sp³-hybridized carbons (Fsp3) is 0.900. The Hall–Kier alpha value is -0.610. The predicted molar refractivity (Wildman–Crippen MR) is 53.0 cm³/mol. The van der Waals surface area contributed by atoms with Gasteiger partial charge in [-0.05, 0) is 24.7 Å². The minimum atomic E-state index is -0.782. The molecule has 0 aromatic carbocycles. The molecule has 0 aromatic rings. The number of carbonyl (C=O) groups is 1. The lowest BCUT2D eigenvalue weighted by molar-refractivity contribution is -0.138. The summed E-state index contributed by atoms with van der Waals surface area (Å²) in [4.78, 5) is 12.5. The largest absolute Gasteiger partial charge is 0.480 e. The Morgan fingerprint density at radius 2 is 2.21 bits per heavy atom. The van der Waals surface area contributed by atoms with Crippen molar-refractivity contribution < 1.29 is 15.0 Å². The van der Waals surface area contributed by atoms with Gasteiger partial charge in [-0.2, -0.15) is 0 Å². The number of carboxylic acid groups (broad SMARTS) is 1. The van der Waals surface area contributed by atoms with Gasteiger partial charge in [0, 0.05) is 19.7 Å². The summed E-state index contributed by atoms with van der Waals surface area (Å²) in [6.07, 6.45) is 2.45. The molecule has 4 heteroatoms. The smallest absolute Gasteiger partial charge is 0.317 e. The van der Waals surface area contributed by atoms with Crippen LogP contribution in [0.2, 0.25) is 0 Å².